The molecule has 0 N–H and O–H groups in total. The Balaban J connectivity index is 1.50. The summed E-state index contributed by atoms with van der Waals surface area (Å²) in [5.41, 5.74) is 2.53. The van der Waals surface area contributed by atoms with E-state index < -0.39 is 0 Å². The highest BCUT2D eigenvalue weighted by molar-refractivity contribution is 5.80. The largest absolute Gasteiger partial charge is 0.339 e. The number of carbonyl (C=O) groups excluding carboxylic acids is 2. The van der Waals surface area contributed by atoms with Crippen LogP contribution in [0.15, 0.2) is 24.3 Å². The van der Waals surface area contributed by atoms with Crippen LogP contribution in [0.5, 0.6) is 0 Å². The first-order valence-electron chi connectivity index (χ1n) is 9.81. The van der Waals surface area contributed by atoms with E-state index in [2.05, 4.69) is 24.3 Å². The van der Waals surface area contributed by atoms with Crippen molar-refractivity contribution in [3.63, 3.8) is 0 Å². The van der Waals surface area contributed by atoms with Gasteiger partial charge in [-0.25, -0.2) is 0 Å². The monoisotopic (exact) mass is 342 g/mol. The molecule has 0 spiro atoms. The lowest BCUT2D eigenvalue weighted by atomic mass is 9.84. The quantitative estimate of drug-likeness (QED) is 0.842. The second-order valence-corrected chi connectivity index (χ2v) is 7.37. The van der Waals surface area contributed by atoms with Gasteiger partial charge in [-0.3, -0.25) is 9.59 Å². The van der Waals surface area contributed by atoms with Gasteiger partial charge in [0.05, 0.1) is 6.42 Å². The summed E-state index contributed by atoms with van der Waals surface area (Å²) in [7, 11) is 0. The van der Waals surface area contributed by atoms with Gasteiger partial charge in [-0.15, -0.1) is 0 Å². The zero-order valence-electron chi connectivity index (χ0n) is 15.4. The maximum absolute atomic E-state index is 12.5. The Labute approximate surface area is 151 Å². The molecule has 0 radical (unpaired) electrons. The van der Waals surface area contributed by atoms with E-state index in [1.54, 1.807) is 0 Å². The number of hydrogen-bond donors (Lipinski definition) is 0. The lowest BCUT2D eigenvalue weighted by Gasteiger charge is -2.34. The fourth-order valence-electron chi connectivity index (χ4n) is 4.06. The molecule has 0 atom stereocenters. The zero-order valence-corrected chi connectivity index (χ0v) is 15.4. The highest BCUT2D eigenvalue weighted by Gasteiger charge is 2.23. The van der Waals surface area contributed by atoms with Crippen molar-refractivity contribution in [2.75, 3.05) is 26.2 Å². The van der Waals surface area contributed by atoms with Crippen molar-refractivity contribution in [3.05, 3.63) is 35.4 Å². The highest BCUT2D eigenvalue weighted by Crippen LogP contribution is 2.32. The summed E-state index contributed by atoms with van der Waals surface area (Å²) in [4.78, 5) is 28.0. The lowest BCUT2D eigenvalue weighted by molar-refractivity contribution is -0.139. The number of rotatable bonds is 4. The average Bonchev–Trinajstić information content (AvgIpc) is 2.68. The first-order chi connectivity index (χ1) is 12.2. The number of piperazine rings is 1. The molecule has 0 unspecified atom stereocenters. The molecule has 2 amide bonds. The van der Waals surface area contributed by atoms with Crippen molar-refractivity contribution in [2.45, 2.75) is 57.8 Å². The van der Waals surface area contributed by atoms with Crippen molar-refractivity contribution in [3.8, 4) is 0 Å². The molecule has 3 rings (SSSR count). The summed E-state index contributed by atoms with van der Waals surface area (Å²) in [5.74, 6) is 1.07. The van der Waals surface area contributed by atoms with Crippen LogP contribution in [0, 0.1) is 0 Å². The predicted octanol–water partition coefficient (Wildman–Crippen LogP) is 3.36. The number of amides is 2. The molecule has 2 aliphatic rings. The molecule has 4 nitrogen and oxygen atoms in total. The van der Waals surface area contributed by atoms with Gasteiger partial charge in [-0.2, -0.15) is 0 Å². The van der Waals surface area contributed by atoms with Crippen molar-refractivity contribution in [2.24, 2.45) is 0 Å². The van der Waals surface area contributed by atoms with E-state index in [1.165, 1.54) is 37.7 Å². The molecule has 1 saturated heterocycles. The van der Waals surface area contributed by atoms with Crippen LogP contribution >= 0.6 is 0 Å². The van der Waals surface area contributed by atoms with E-state index in [9.17, 15) is 9.59 Å². The Morgan fingerprint density at radius 1 is 0.880 bits per heavy atom. The third-order valence-electron chi connectivity index (χ3n) is 5.70. The van der Waals surface area contributed by atoms with E-state index in [1.807, 2.05) is 16.7 Å². The van der Waals surface area contributed by atoms with Gasteiger partial charge in [0.15, 0.2) is 0 Å². The molecule has 136 valence electrons. The van der Waals surface area contributed by atoms with Crippen LogP contribution in [0.4, 0.5) is 0 Å². The zero-order chi connectivity index (χ0) is 17.6. The smallest absolute Gasteiger partial charge is 0.227 e. The van der Waals surface area contributed by atoms with E-state index in [0.29, 0.717) is 44.9 Å². The third-order valence-corrected chi connectivity index (χ3v) is 5.70. The Kier molecular flexibility index (Phi) is 6.11. The molecule has 25 heavy (non-hydrogen) atoms. The summed E-state index contributed by atoms with van der Waals surface area (Å²) < 4.78 is 0. The minimum Gasteiger partial charge on any atom is -0.339 e. The maximum Gasteiger partial charge on any atom is 0.227 e. The standard InChI is InChI=1S/C21H30N2O2/c1-2-20(24)22-12-14-23(15-13-22)21(25)16-17-8-10-19(11-9-17)18-6-4-3-5-7-18/h8-11,18H,2-7,12-16H2,1H3. The molecule has 1 aliphatic heterocycles. The molecular formula is C21H30N2O2. The minimum absolute atomic E-state index is 0.175. The van der Waals surface area contributed by atoms with Gasteiger partial charge in [-0.05, 0) is 29.9 Å². The van der Waals surface area contributed by atoms with Crippen molar-refractivity contribution < 1.29 is 9.59 Å². The van der Waals surface area contributed by atoms with Crippen LogP contribution in [0.2, 0.25) is 0 Å². The van der Waals surface area contributed by atoms with E-state index in [4.69, 9.17) is 0 Å². The fourth-order valence-corrected chi connectivity index (χ4v) is 4.06. The Morgan fingerprint density at radius 2 is 1.44 bits per heavy atom. The molecule has 1 aromatic rings. The highest BCUT2D eigenvalue weighted by atomic mass is 16.2. The third kappa shape index (κ3) is 4.62. The van der Waals surface area contributed by atoms with Crippen LogP contribution < -0.4 is 0 Å². The van der Waals surface area contributed by atoms with Gasteiger partial charge in [-0.1, -0.05) is 50.5 Å². The van der Waals surface area contributed by atoms with Crippen LogP contribution in [-0.4, -0.2) is 47.8 Å². The first-order valence-corrected chi connectivity index (χ1v) is 9.81. The lowest BCUT2D eigenvalue weighted by Crippen LogP contribution is -2.50. The van der Waals surface area contributed by atoms with E-state index >= 15 is 0 Å². The first kappa shape index (κ1) is 18.0. The molecule has 2 fully saturated rings. The number of carbonyl (C=O) groups is 2. The molecule has 4 heteroatoms. The SMILES string of the molecule is CCC(=O)N1CCN(C(=O)Cc2ccc(C3CCCCC3)cc2)CC1. The number of hydrogen-bond acceptors (Lipinski definition) is 2. The van der Waals surface area contributed by atoms with Gasteiger partial charge < -0.3 is 9.80 Å². The molecular weight excluding hydrogens is 312 g/mol. The summed E-state index contributed by atoms with van der Waals surface area (Å²) in [6.45, 7) is 4.53. The summed E-state index contributed by atoms with van der Waals surface area (Å²) >= 11 is 0. The van der Waals surface area contributed by atoms with E-state index in [0.717, 1.165) is 5.56 Å². The van der Waals surface area contributed by atoms with Crippen molar-refractivity contribution in [1.29, 1.82) is 0 Å². The summed E-state index contributed by atoms with van der Waals surface area (Å²) in [6.07, 6.45) is 7.68. The molecule has 1 aliphatic carbocycles. The van der Waals surface area contributed by atoms with Crippen molar-refractivity contribution >= 4 is 11.8 Å². The topological polar surface area (TPSA) is 40.6 Å². The summed E-state index contributed by atoms with van der Waals surface area (Å²) in [5, 5.41) is 0. The van der Waals surface area contributed by atoms with Gasteiger partial charge >= 0.3 is 0 Å². The molecule has 0 aromatic heterocycles. The van der Waals surface area contributed by atoms with Gasteiger partial charge in [0, 0.05) is 32.6 Å². The fraction of sp³-hybridized carbons (Fsp3) is 0.619. The van der Waals surface area contributed by atoms with Crippen LogP contribution in [0.3, 0.4) is 0 Å². The Hall–Kier alpha value is -1.84. The van der Waals surface area contributed by atoms with Crippen LogP contribution in [0.1, 0.15) is 62.5 Å². The summed E-state index contributed by atoms with van der Waals surface area (Å²) in [6, 6.07) is 8.68. The predicted molar refractivity (Wildman–Crippen MR) is 99.4 cm³/mol. The Morgan fingerprint density at radius 3 is 2.00 bits per heavy atom. The second kappa shape index (κ2) is 8.50. The van der Waals surface area contributed by atoms with Crippen LogP contribution in [-0.2, 0) is 16.0 Å². The van der Waals surface area contributed by atoms with Gasteiger partial charge in [0.2, 0.25) is 11.8 Å². The second-order valence-electron chi connectivity index (χ2n) is 7.37. The van der Waals surface area contributed by atoms with E-state index in [-0.39, 0.29) is 11.8 Å². The Bertz CT molecular complexity index is 582. The molecule has 1 saturated carbocycles. The molecule has 0 bridgehead atoms. The van der Waals surface area contributed by atoms with Gasteiger partial charge in [0.1, 0.15) is 0 Å². The van der Waals surface area contributed by atoms with Crippen molar-refractivity contribution in [1.82, 2.24) is 9.80 Å². The maximum atomic E-state index is 12.5. The minimum atomic E-state index is 0.175. The number of benzene rings is 1. The van der Waals surface area contributed by atoms with Gasteiger partial charge in [0.25, 0.3) is 0 Å². The van der Waals surface area contributed by atoms with Crippen LogP contribution in [0.25, 0.3) is 0 Å². The number of nitrogens with zero attached hydrogens (tertiary/aromatic N) is 2. The molecule has 1 aromatic carbocycles. The molecule has 1 heterocycles. The average molecular weight is 342 g/mol. The normalized spacial score (nSPS) is 19.1.